The average molecular weight is 1060 g/mol. The number of para-hydroxylation sites is 3. The molecule has 3 aliphatic rings. The maximum atomic E-state index is 2.56. The summed E-state index contributed by atoms with van der Waals surface area (Å²) in [5.41, 5.74) is 27.4. The van der Waals surface area contributed by atoms with Crippen LogP contribution >= 0.6 is 0 Å². The predicted molar refractivity (Wildman–Crippen MR) is 345 cm³/mol. The van der Waals surface area contributed by atoms with Crippen LogP contribution in [0.1, 0.15) is 57.9 Å². The minimum absolute atomic E-state index is 0.298. The van der Waals surface area contributed by atoms with Gasteiger partial charge in [-0.25, -0.2) is 0 Å². The Labute approximate surface area is 483 Å². The first kappa shape index (κ1) is 50.3. The van der Waals surface area contributed by atoms with Crippen LogP contribution < -0.4 is 19.6 Å². The molecule has 0 saturated carbocycles. The number of hydrogen-bond acceptors (Lipinski definition) is 4. The lowest BCUT2D eigenvalue weighted by Gasteiger charge is -2.36. The highest BCUT2D eigenvalue weighted by Gasteiger charge is 2.53. The molecule has 0 aliphatic heterocycles. The largest absolute Gasteiger partial charge is 0.314 e. The van der Waals surface area contributed by atoms with Gasteiger partial charge in [0.25, 0.3) is 0 Å². The molecule has 0 heterocycles. The number of fused-ring (bicyclic) bond motifs is 10. The standard InChI is InChI=1S/C78H64N4/c1-53-21-17-32-61(45-53)79(58-26-9-6-10-27-58)65-37-41-69-70-42-38-66(80(59-28-11-7-12-29-59)62-33-18-22-54(2)46-62)50-74(70)78(73(69)49-65)75-51-67(81(60-30-13-8-14-31-60)63-34-19-23-55(3)47-63)39-43-71(75)72-44-40-68(52-76(72)78)82(64-35-20-24-56(4)48-64)77-36-16-15-25-57(77)5/h6-24,26-52,57H,25H2,1-5H3. The lowest BCUT2D eigenvalue weighted by atomic mass is 9.70. The molecule has 0 radical (unpaired) electrons. The van der Waals surface area contributed by atoms with Crippen LogP contribution in [0, 0.1) is 33.6 Å². The molecule has 0 aromatic heterocycles. The number of anilines is 11. The van der Waals surface area contributed by atoms with Crippen molar-refractivity contribution in [2.45, 2.75) is 46.5 Å². The van der Waals surface area contributed by atoms with Crippen LogP contribution in [0.3, 0.4) is 0 Å². The minimum Gasteiger partial charge on any atom is -0.314 e. The summed E-state index contributed by atoms with van der Waals surface area (Å²) in [6.07, 6.45) is 7.84. The van der Waals surface area contributed by atoms with Crippen LogP contribution in [0.4, 0.5) is 62.6 Å². The molecule has 3 aliphatic carbocycles. The molecule has 0 N–H and O–H groups in total. The Morgan fingerprint density at radius 2 is 0.573 bits per heavy atom. The Morgan fingerprint density at radius 1 is 0.293 bits per heavy atom. The molecular formula is C78H64N4. The van der Waals surface area contributed by atoms with Crippen molar-refractivity contribution in [2.24, 2.45) is 5.92 Å². The Kier molecular flexibility index (Phi) is 12.7. The lowest BCUT2D eigenvalue weighted by molar-refractivity contribution is 0.670. The molecule has 4 heteroatoms. The molecule has 11 aromatic carbocycles. The van der Waals surface area contributed by atoms with E-state index in [2.05, 4.69) is 333 Å². The summed E-state index contributed by atoms with van der Waals surface area (Å²) in [4.78, 5) is 9.85. The summed E-state index contributed by atoms with van der Waals surface area (Å²) in [7, 11) is 0. The molecule has 0 saturated heterocycles. The van der Waals surface area contributed by atoms with Gasteiger partial charge in [0.15, 0.2) is 0 Å². The highest BCUT2D eigenvalue weighted by Crippen LogP contribution is 2.65. The molecule has 11 aromatic rings. The molecule has 0 bridgehead atoms. The number of allylic oxidation sites excluding steroid dienone is 4. The Balaban J connectivity index is 1.11. The summed E-state index contributed by atoms with van der Waals surface area (Å²) in [6, 6.07) is 97.6. The fourth-order valence-corrected chi connectivity index (χ4v) is 13.4. The zero-order valence-electron chi connectivity index (χ0n) is 47.1. The molecule has 4 nitrogen and oxygen atoms in total. The number of benzene rings is 11. The second-order valence-corrected chi connectivity index (χ2v) is 22.5. The van der Waals surface area contributed by atoms with Gasteiger partial charge in [-0.3, -0.25) is 0 Å². The fraction of sp³-hybridized carbons (Fsp3) is 0.103. The second-order valence-electron chi connectivity index (χ2n) is 22.5. The van der Waals surface area contributed by atoms with Crippen molar-refractivity contribution >= 4 is 62.6 Å². The smallest absolute Gasteiger partial charge is 0.0728 e. The third kappa shape index (κ3) is 8.62. The lowest BCUT2D eigenvalue weighted by Crippen LogP contribution is -2.28. The molecule has 1 atom stereocenters. The van der Waals surface area contributed by atoms with Crippen LogP contribution in [0.15, 0.2) is 285 Å². The van der Waals surface area contributed by atoms with Gasteiger partial charge in [0.05, 0.1) is 5.41 Å². The average Bonchev–Trinajstić information content (AvgIpc) is 2.14. The summed E-state index contributed by atoms with van der Waals surface area (Å²) in [6.45, 7) is 11.1. The summed E-state index contributed by atoms with van der Waals surface area (Å²) < 4.78 is 0. The van der Waals surface area contributed by atoms with Crippen molar-refractivity contribution in [1.29, 1.82) is 0 Å². The Morgan fingerprint density at radius 3 is 0.878 bits per heavy atom. The third-order valence-electron chi connectivity index (χ3n) is 17.0. The van der Waals surface area contributed by atoms with E-state index in [4.69, 9.17) is 0 Å². The van der Waals surface area contributed by atoms with Gasteiger partial charge >= 0.3 is 0 Å². The van der Waals surface area contributed by atoms with E-state index < -0.39 is 5.41 Å². The van der Waals surface area contributed by atoms with Gasteiger partial charge in [-0.05, 0) is 240 Å². The molecule has 396 valence electrons. The zero-order valence-corrected chi connectivity index (χ0v) is 47.1. The van der Waals surface area contributed by atoms with Gasteiger partial charge < -0.3 is 19.6 Å². The van der Waals surface area contributed by atoms with Gasteiger partial charge in [-0.15, -0.1) is 0 Å². The maximum Gasteiger partial charge on any atom is 0.0728 e. The van der Waals surface area contributed by atoms with E-state index in [0.717, 1.165) is 69.0 Å². The van der Waals surface area contributed by atoms with Crippen molar-refractivity contribution in [3.63, 3.8) is 0 Å². The summed E-state index contributed by atoms with van der Waals surface area (Å²) in [5, 5.41) is 0. The first-order chi connectivity index (χ1) is 40.2. The Hall–Kier alpha value is -9.90. The van der Waals surface area contributed by atoms with Crippen molar-refractivity contribution < 1.29 is 0 Å². The zero-order chi connectivity index (χ0) is 55.5. The molecule has 1 spiro atoms. The van der Waals surface area contributed by atoms with Gasteiger partial charge in [-0.2, -0.15) is 0 Å². The molecule has 1 unspecified atom stereocenters. The SMILES string of the molecule is Cc1cccc(N(C2=CC=CCC2C)c2ccc3c(c2)C2(c4cc(N(c5ccccc5)c5cccc(C)c5)ccc4-3)c3cc(N(c4ccccc4)c4cccc(C)c4)ccc3-c3ccc(N(c4ccccc4)c4cccc(C)c4)cc32)c1. The van der Waals surface area contributed by atoms with Crippen molar-refractivity contribution in [1.82, 2.24) is 0 Å². The van der Waals surface area contributed by atoms with E-state index in [1.807, 2.05) is 0 Å². The number of nitrogens with zero attached hydrogens (tertiary/aromatic N) is 4. The number of hydrogen-bond donors (Lipinski definition) is 0. The van der Waals surface area contributed by atoms with Crippen LogP contribution in [0.25, 0.3) is 22.3 Å². The van der Waals surface area contributed by atoms with Gasteiger partial charge in [0.2, 0.25) is 0 Å². The maximum absolute atomic E-state index is 2.56. The van der Waals surface area contributed by atoms with E-state index in [1.54, 1.807) is 0 Å². The monoisotopic (exact) mass is 1060 g/mol. The fourth-order valence-electron chi connectivity index (χ4n) is 13.4. The quantitative estimate of drug-likeness (QED) is 0.121. The van der Waals surface area contributed by atoms with E-state index >= 15 is 0 Å². The van der Waals surface area contributed by atoms with E-state index in [-0.39, 0.29) is 0 Å². The van der Waals surface area contributed by atoms with E-state index in [9.17, 15) is 0 Å². The van der Waals surface area contributed by atoms with Crippen LogP contribution in [0.5, 0.6) is 0 Å². The molecule has 0 fully saturated rings. The highest BCUT2D eigenvalue weighted by molar-refractivity contribution is 6.00. The van der Waals surface area contributed by atoms with Crippen LogP contribution in [-0.2, 0) is 5.41 Å². The van der Waals surface area contributed by atoms with Gasteiger partial charge in [0, 0.05) is 74.2 Å². The van der Waals surface area contributed by atoms with Crippen LogP contribution in [0.2, 0.25) is 0 Å². The molecule has 14 rings (SSSR count). The van der Waals surface area contributed by atoms with Crippen molar-refractivity contribution in [2.75, 3.05) is 19.6 Å². The number of rotatable bonds is 12. The van der Waals surface area contributed by atoms with Gasteiger partial charge in [-0.1, -0.05) is 146 Å². The van der Waals surface area contributed by atoms with Gasteiger partial charge in [0.1, 0.15) is 0 Å². The second kappa shape index (κ2) is 20.6. The van der Waals surface area contributed by atoms with Crippen molar-refractivity contribution in [3.05, 3.63) is 329 Å². The predicted octanol–water partition coefficient (Wildman–Crippen LogP) is 21.3. The highest BCUT2D eigenvalue weighted by atomic mass is 15.2. The van der Waals surface area contributed by atoms with E-state index in [0.29, 0.717) is 5.92 Å². The number of aryl methyl sites for hydroxylation is 4. The molecule has 0 amide bonds. The Bertz CT molecular complexity index is 4010. The summed E-state index contributed by atoms with van der Waals surface area (Å²) >= 11 is 0. The summed E-state index contributed by atoms with van der Waals surface area (Å²) in [5.74, 6) is 0.298. The minimum atomic E-state index is -0.822. The first-order valence-electron chi connectivity index (χ1n) is 28.8. The van der Waals surface area contributed by atoms with Crippen LogP contribution in [-0.4, -0.2) is 0 Å². The van der Waals surface area contributed by atoms with E-state index in [1.165, 1.54) is 72.5 Å². The third-order valence-corrected chi connectivity index (χ3v) is 17.0. The molecular weight excluding hydrogens is 993 g/mol. The van der Waals surface area contributed by atoms with Crippen molar-refractivity contribution in [3.8, 4) is 22.3 Å². The topological polar surface area (TPSA) is 13.0 Å². The molecule has 82 heavy (non-hydrogen) atoms. The normalized spacial score (nSPS) is 14.1. The first-order valence-corrected chi connectivity index (χ1v) is 28.8.